The summed E-state index contributed by atoms with van der Waals surface area (Å²) in [4.78, 5) is 29.5. The lowest BCUT2D eigenvalue weighted by Gasteiger charge is -2.12. The molecule has 1 aliphatic heterocycles. The monoisotopic (exact) mass is 452 g/mol. The van der Waals surface area contributed by atoms with Gasteiger partial charge in [0.1, 0.15) is 5.75 Å². The van der Waals surface area contributed by atoms with Crippen LogP contribution in [-0.2, 0) is 24.3 Å². The molecule has 1 aliphatic rings. The second-order valence-electron chi connectivity index (χ2n) is 8.23. The van der Waals surface area contributed by atoms with Gasteiger partial charge in [-0.25, -0.2) is 4.98 Å². The lowest BCUT2D eigenvalue weighted by atomic mass is 10.1. The Morgan fingerprint density at radius 1 is 1.00 bits per heavy atom. The molecule has 0 aliphatic carbocycles. The van der Waals surface area contributed by atoms with Crippen molar-refractivity contribution in [3.63, 3.8) is 0 Å². The highest BCUT2D eigenvalue weighted by Crippen LogP contribution is 2.28. The number of aromatic nitrogens is 2. The molecule has 0 radical (unpaired) electrons. The Bertz CT molecular complexity index is 1290. The molecule has 7 heteroatoms. The number of amides is 2. The molecule has 5 rings (SSSR count). The topological polar surface area (TPSA) is 85.3 Å². The van der Waals surface area contributed by atoms with Crippen LogP contribution in [0.5, 0.6) is 5.75 Å². The minimum atomic E-state index is -0.579. The number of imidazole rings is 1. The predicted molar refractivity (Wildman–Crippen MR) is 129 cm³/mol. The average molecular weight is 453 g/mol. The number of carbonyl (C=O) groups excluding carboxylic acids is 2. The van der Waals surface area contributed by atoms with Crippen LogP contribution in [-0.4, -0.2) is 27.5 Å². The van der Waals surface area contributed by atoms with E-state index in [1.54, 1.807) is 36.8 Å². The van der Waals surface area contributed by atoms with Crippen molar-refractivity contribution in [2.45, 2.75) is 25.6 Å². The van der Waals surface area contributed by atoms with Crippen molar-refractivity contribution in [2.75, 3.05) is 5.32 Å². The molecule has 0 saturated heterocycles. The fourth-order valence-electron chi connectivity index (χ4n) is 4.00. The number of nitrogens with zero attached hydrogens (tertiary/aromatic N) is 2. The average Bonchev–Trinajstić information content (AvgIpc) is 3.53. The molecule has 1 aromatic heterocycles. The minimum absolute atomic E-state index is 0.208. The van der Waals surface area contributed by atoms with Gasteiger partial charge < -0.3 is 19.9 Å². The van der Waals surface area contributed by atoms with E-state index in [1.165, 1.54) is 0 Å². The Balaban J connectivity index is 1.18. The summed E-state index contributed by atoms with van der Waals surface area (Å²) in [5.74, 6) is 0.300. The van der Waals surface area contributed by atoms with E-state index in [-0.39, 0.29) is 11.8 Å². The first-order valence-corrected chi connectivity index (χ1v) is 11.1. The van der Waals surface area contributed by atoms with Gasteiger partial charge in [0.25, 0.3) is 11.8 Å². The molecule has 0 saturated carbocycles. The van der Waals surface area contributed by atoms with E-state index in [4.69, 9.17) is 4.74 Å². The lowest BCUT2D eigenvalue weighted by Crippen LogP contribution is -2.31. The van der Waals surface area contributed by atoms with Crippen molar-refractivity contribution < 1.29 is 14.3 Å². The number of fused-ring (bicyclic) bond motifs is 1. The van der Waals surface area contributed by atoms with E-state index in [2.05, 4.69) is 21.7 Å². The van der Waals surface area contributed by atoms with Gasteiger partial charge in [0.2, 0.25) is 0 Å². The van der Waals surface area contributed by atoms with Gasteiger partial charge in [-0.05, 0) is 41.0 Å². The van der Waals surface area contributed by atoms with Gasteiger partial charge in [-0.3, -0.25) is 9.59 Å². The van der Waals surface area contributed by atoms with Crippen molar-refractivity contribution in [3.8, 4) is 5.75 Å². The van der Waals surface area contributed by atoms with Crippen molar-refractivity contribution >= 4 is 17.5 Å². The summed E-state index contributed by atoms with van der Waals surface area (Å²) in [6, 6.07) is 22.6. The van der Waals surface area contributed by atoms with Crippen LogP contribution in [0.1, 0.15) is 27.0 Å². The van der Waals surface area contributed by atoms with Crippen LogP contribution >= 0.6 is 0 Å². The van der Waals surface area contributed by atoms with Gasteiger partial charge in [-0.15, -0.1) is 0 Å². The zero-order valence-electron chi connectivity index (χ0n) is 18.5. The quantitative estimate of drug-likeness (QED) is 0.447. The molecule has 1 unspecified atom stereocenters. The molecule has 3 aromatic carbocycles. The van der Waals surface area contributed by atoms with Gasteiger partial charge in [-0.1, -0.05) is 48.5 Å². The number of benzene rings is 3. The van der Waals surface area contributed by atoms with E-state index in [0.29, 0.717) is 24.2 Å². The number of rotatable bonds is 7. The highest BCUT2D eigenvalue weighted by atomic mass is 16.5. The maximum atomic E-state index is 12.7. The lowest BCUT2D eigenvalue weighted by molar-refractivity contribution is -0.122. The fourth-order valence-corrected chi connectivity index (χ4v) is 4.00. The van der Waals surface area contributed by atoms with E-state index < -0.39 is 6.10 Å². The molecular formula is C27H24N4O3. The molecule has 170 valence electrons. The summed E-state index contributed by atoms with van der Waals surface area (Å²) in [7, 11) is 0. The third-order valence-corrected chi connectivity index (χ3v) is 5.70. The second-order valence-corrected chi connectivity index (χ2v) is 8.23. The predicted octanol–water partition coefficient (Wildman–Crippen LogP) is 3.80. The van der Waals surface area contributed by atoms with Gasteiger partial charge in [0.15, 0.2) is 6.10 Å². The van der Waals surface area contributed by atoms with E-state index in [9.17, 15) is 9.59 Å². The molecule has 1 atom stereocenters. The number of anilines is 1. The van der Waals surface area contributed by atoms with Crippen LogP contribution in [0.4, 0.5) is 5.69 Å². The van der Waals surface area contributed by atoms with E-state index in [0.717, 1.165) is 29.0 Å². The van der Waals surface area contributed by atoms with Crippen molar-refractivity contribution in [2.24, 2.45) is 0 Å². The first-order chi connectivity index (χ1) is 16.6. The van der Waals surface area contributed by atoms with Gasteiger partial charge in [-0.2, -0.15) is 0 Å². The molecule has 2 N–H and O–H groups in total. The van der Waals surface area contributed by atoms with E-state index in [1.807, 2.05) is 53.2 Å². The Morgan fingerprint density at radius 3 is 2.71 bits per heavy atom. The van der Waals surface area contributed by atoms with Crippen molar-refractivity contribution in [1.29, 1.82) is 0 Å². The van der Waals surface area contributed by atoms with Crippen LogP contribution in [0, 0.1) is 0 Å². The molecule has 0 spiro atoms. The Morgan fingerprint density at radius 2 is 1.85 bits per heavy atom. The number of nitrogens with one attached hydrogen (secondary N) is 2. The summed E-state index contributed by atoms with van der Waals surface area (Å²) < 4.78 is 7.75. The molecule has 2 amide bonds. The van der Waals surface area contributed by atoms with Gasteiger partial charge >= 0.3 is 0 Å². The SMILES string of the molecule is O=C(NCc1cccc(Cn2ccnc2)c1)c1cccc(NC(=O)C2Cc3ccccc3O2)c1. The first kappa shape index (κ1) is 21.5. The van der Waals surface area contributed by atoms with Crippen LogP contribution in [0.15, 0.2) is 91.5 Å². The van der Waals surface area contributed by atoms with Crippen LogP contribution in [0.3, 0.4) is 0 Å². The fraction of sp³-hybridized carbons (Fsp3) is 0.148. The van der Waals surface area contributed by atoms with Crippen LogP contribution in [0.25, 0.3) is 0 Å². The summed E-state index contributed by atoms with van der Waals surface area (Å²) in [5, 5.41) is 5.82. The standard InChI is InChI=1S/C27H24N4O3/c32-26(29-16-19-5-3-6-20(13-19)17-31-12-11-28-18-31)22-8-4-9-23(14-22)30-27(33)25-15-21-7-1-2-10-24(21)34-25/h1-14,18,25H,15-17H2,(H,29,32)(H,30,33). The maximum absolute atomic E-state index is 12.7. The Labute approximate surface area is 197 Å². The molecule has 0 bridgehead atoms. The smallest absolute Gasteiger partial charge is 0.265 e. The van der Waals surface area contributed by atoms with Crippen LogP contribution in [0.2, 0.25) is 0 Å². The molecular weight excluding hydrogens is 428 g/mol. The van der Waals surface area contributed by atoms with Gasteiger partial charge in [0.05, 0.1) is 6.33 Å². The minimum Gasteiger partial charge on any atom is -0.480 e. The largest absolute Gasteiger partial charge is 0.480 e. The van der Waals surface area contributed by atoms with Gasteiger partial charge in [0, 0.05) is 43.2 Å². The Kier molecular flexibility index (Phi) is 6.07. The van der Waals surface area contributed by atoms with Crippen molar-refractivity contribution in [3.05, 3.63) is 114 Å². The number of hydrogen-bond donors (Lipinski definition) is 2. The normalized spacial score (nSPS) is 14.2. The molecule has 4 aromatic rings. The molecule has 0 fully saturated rings. The highest BCUT2D eigenvalue weighted by molar-refractivity contribution is 5.98. The summed E-state index contributed by atoms with van der Waals surface area (Å²) >= 11 is 0. The maximum Gasteiger partial charge on any atom is 0.265 e. The summed E-state index contributed by atoms with van der Waals surface area (Å²) in [5.41, 5.74) is 4.19. The number of ether oxygens (including phenoxy) is 1. The number of carbonyl (C=O) groups is 2. The second kappa shape index (κ2) is 9.62. The summed E-state index contributed by atoms with van der Waals surface area (Å²) in [6.07, 6.45) is 5.39. The first-order valence-electron chi connectivity index (χ1n) is 11.1. The summed E-state index contributed by atoms with van der Waals surface area (Å²) in [6.45, 7) is 1.13. The highest BCUT2D eigenvalue weighted by Gasteiger charge is 2.28. The van der Waals surface area contributed by atoms with Crippen molar-refractivity contribution in [1.82, 2.24) is 14.9 Å². The molecule has 7 nitrogen and oxygen atoms in total. The third kappa shape index (κ3) is 4.99. The van der Waals surface area contributed by atoms with Crippen LogP contribution < -0.4 is 15.4 Å². The Hall–Kier alpha value is -4.39. The number of hydrogen-bond acceptors (Lipinski definition) is 4. The van der Waals surface area contributed by atoms with E-state index >= 15 is 0 Å². The zero-order valence-corrected chi connectivity index (χ0v) is 18.5. The molecule has 34 heavy (non-hydrogen) atoms. The zero-order chi connectivity index (χ0) is 23.3. The number of para-hydroxylation sites is 1. The molecule has 2 heterocycles. The third-order valence-electron chi connectivity index (χ3n) is 5.70.